The number of carbonyl (C=O) groups is 1. The van der Waals surface area contributed by atoms with Gasteiger partial charge in [-0.3, -0.25) is 9.80 Å². The molecule has 1 unspecified atom stereocenters. The predicted molar refractivity (Wildman–Crippen MR) is 103 cm³/mol. The molecule has 1 aromatic carbocycles. The lowest BCUT2D eigenvalue weighted by molar-refractivity contribution is -0.0233. The predicted octanol–water partition coefficient (Wildman–Crippen LogP) is 1.66. The van der Waals surface area contributed by atoms with Crippen LogP contribution in [0.4, 0.5) is 4.79 Å². The molecule has 3 rings (SSSR count). The van der Waals surface area contributed by atoms with Gasteiger partial charge in [-0.25, -0.2) is 4.79 Å². The molecule has 1 aliphatic heterocycles. The van der Waals surface area contributed by atoms with E-state index in [0.717, 1.165) is 25.7 Å². The van der Waals surface area contributed by atoms with Gasteiger partial charge in [0.25, 0.3) is 0 Å². The van der Waals surface area contributed by atoms with Crippen LogP contribution < -0.4 is 5.32 Å². The third kappa shape index (κ3) is 3.21. The molecule has 26 heavy (non-hydrogen) atoms. The molecular formula is C20H32N4O2. The number of benzene rings is 1. The first-order valence-electron chi connectivity index (χ1n) is 9.44. The number of carbonyl (C=O) groups excluding carboxylic acids is 1. The van der Waals surface area contributed by atoms with Gasteiger partial charge >= 0.3 is 6.03 Å². The van der Waals surface area contributed by atoms with Gasteiger partial charge < -0.3 is 15.3 Å². The van der Waals surface area contributed by atoms with Gasteiger partial charge in [0, 0.05) is 12.1 Å². The standard InChI is InChI=1S/C20H32N4O2/c1-22(2)17(25)14-24-18(26)21-15-19(24)10-12-20(13-11-19,23(3)4)16-8-6-5-7-9-16/h5-9,17,25H,10-15H2,1-4H3,(H,21,26). The number of nitrogens with zero attached hydrogens (tertiary/aromatic N) is 3. The van der Waals surface area contributed by atoms with Crippen LogP contribution in [0, 0.1) is 0 Å². The van der Waals surface area contributed by atoms with Gasteiger partial charge in [0.2, 0.25) is 0 Å². The number of rotatable bonds is 5. The second kappa shape index (κ2) is 7.18. The van der Waals surface area contributed by atoms with Crippen LogP contribution in [0.2, 0.25) is 0 Å². The van der Waals surface area contributed by atoms with Crippen molar-refractivity contribution in [3.63, 3.8) is 0 Å². The molecule has 2 amide bonds. The fourth-order valence-corrected chi connectivity index (χ4v) is 4.57. The topological polar surface area (TPSA) is 59.1 Å². The van der Waals surface area contributed by atoms with Crippen molar-refractivity contribution < 1.29 is 9.90 Å². The Hall–Kier alpha value is -1.63. The molecule has 0 radical (unpaired) electrons. The van der Waals surface area contributed by atoms with E-state index in [2.05, 4.69) is 54.6 Å². The van der Waals surface area contributed by atoms with Crippen LogP contribution in [0.1, 0.15) is 31.2 Å². The fourth-order valence-electron chi connectivity index (χ4n) is 4.57. The highest BCUT2D eigenvalue weighted by atomic mass is 16.3. The number of aliphatic hydroxyl groups is 1. The van der Waals surface area contributed by atoms with E-state index in [-0.39, 0.29) is 17.1 Å². The minimum atomic E-state index is -0.648. The highest BCUT2D eigenvalue weighted by Crippen LogP contribution is 2.47. The van der Waals surface area contributed by atoms with Gasteiger partial charge in [-0.05, 0) is 59.4 Å². The van der Waals surface area contributed by atoms with E-state index in [1.807, 2.05) is 19.0 Å². The Bertz CT molecular complexity index is 624. The molecule has 144 valence electrons. The van der Waals surface area contributed by atoms with Crippen molar-refractivity contribution in [3.8, 4) is 0 Å². The molecule has 1 spiro atoms. The van der Waals surface area contributed by atoms with Crippen molar-refractivity contribution in [2.45, 2.75) is 43.0 Å². The Balaban J connectivity index is 1.82. The van der Waals surface area contributed by atoms with Gasteiger partial charge in [-0.2, -0.15) is 0 Å². The first-order valence-corrected chi connectivity index (χ1v) is 9.44. The maximum absolute atomic E-state index is 12.4. The number of β-amino-alcohol motifs (C(OH)–C–C–N with tert-alkyl or cyclic N) is 1. The molecule has 2 aliphatic rings. The molecule has 1 saturated heterocycles. The van der Waals surface area contributed by atoms with E-state index in [1.54, 1.807) is 4.90 Å². The molecule has 1 aromatic rings. The number of amides is 2. The second-order valence-electron chi connectivity index (χ2n) is 8.23. The van der Waals surface area contributed by atoms with Gasteiger partial charge in [0.1, 0.15) is 6.23 Å². The summed E-state index contributed by atoms with van der Waals surface area (Å²) in [5.41, 5.74) is 1.16. The summed E-state index contributed by atoms with van der Waals surface area (Å²) in [5.74, 6) is 0. The third-order valence-corrected chi connectivity index (χ3v) is 6.50. The van der Waals surface area contributed by atoms with Crippen molar-refractivity contribution in [3.05, 3.63) is 35.9 Å². The zero-order chi connectivity index (χ0) is 18.9. The summed E-state index contributed by atoms with van der Waals surface area (Å²) in [6.07, 6.45) is 3.20. The molecule has 1 atom stereocenters. The number of aliphatic hydroxyl groups excluding tert-OH is 1. The van der Waals surface area contributed by atoms with Crippen LogP contribution >= 0.6 is 0 Å². The van der Waals surface area contributed by atoms with Crippen LogP contribution in [0.5, 0.6) is 0 Å². The third-order valence-electron chi connectivity index (χ3n) is 6.50. The summed E-state index contributed by atoms with van der Waals surface area (Å²) in [7, 11) is 7.96. The zero-order valence-electron chi connectivity index (χ0n) is 16.4. The molecule has 6 nitrogen and oxygen atoms in total. The summed E-state index contributed by atoms with van der Waals surface area (Å²) in [5, 5.41) is 13.3. The SMILES string of the molecule is CN(C)C(O)CN1C(=O)NCC12CCC(c1ccccc1)(N(C)C)CC2. The fraction of sp³-hybridized carbons (Fsp3) is 0.650. The summed E-state index contributed by atoms with van der Waals surface area (Å²) < 4.78 is 0. The van der Waals surface area contributed by atoms with Gasteiger partial charge in [-0.1, -0.05) is 30.3 Å². The second-order valence-corrected chi connectivity index (χ2v) is 8.23. The molecular weight excluding hydrogens is 328 g/mol. The molecule has 2 N–H and O–H groups in total. The lowest BCUT2D eigenvalue weighted by Gasteiger charge is -2.51. The highest BCUT2D eigenvalue weighted by molar-refractivity contribution is 5.78. The van der Waals surface area contributed by atoms with Gasteiger partial charge in [-0.15, -0.1) is 0 Å². The minimum absolute atomic E-state index is 0.00395. The Morgan fingerprint density at radius 2 is 1.73 bits per heavy atom. The van der Waals surface area contributed by atoms with E-state index in [0.29, 0.717) is 13.1 Å². The van der Waals surface area contributed by atoms with Crippen LogP contribution in [-0.2, 0) is 5.54 Å². The van der Waals surface area contributed by atoms with Crippen LogP contribution in [-0.4, -0.2) is 78.9 Å². The van der Waals surface area contributed by atoms with E-state index in [1.165, 1.54) is 5.56 Å². The normalized spacial score (nSPS) is 30.3. The molecule has 2 fully saturated rings. The molecule has 1 heterocycles. The van der Waals surface area contributed by atoms with E-state index < -0.39 is 6.23 Å². The van der Waals surface area contributed by atoms with Crippen molar-refractivity contribution in [2.75, 3.05) is 41.3 Å². The molecule has 1 aliphatic carbocycles. The molecule has 6 heteroatoms. The Morgan fingerprint density at radius 1 is 1.12 bits per heavy atom. The van der Waals surface area contributed by atoms with Crippen LogP contribution in [0.15, 0.2) is 30.3 Å². The van der Waals surface area contributed by atoms with Crippen LogP contribution in [0.25, 0.3) is 0 Å². The maximum atomic E-state index is 12.4. The van der Waals surface area contributed by atoms with E-state index in [9.17, 15) is 9.90 Å². The van der Waals surface area contributed by atoms with E-state index in [4.69, 9.17) is 0 Å². The molecule has 0 bridgehead atoms. The largest absolute Gasteiger partial charge is 0.377 e. The number of likely N-dealkylation sites (N-methyl/N-ethyl adjacent to an activating group) is 1. The average Bonchev–Trinajstić information content (AvgIpc) is 2.93. The first kappa shape index (κ1) is 19.1. The quantitative estimate of drug-likeness (QED) is 0.784. The van der Waals surface area contributed by atoms with Gasteiger partial charge in [0.15, 0.2) is 0 Å². The monoisotopic (exact) mass is 360 g/mol. The van der Waals surface area contributed by atoms with E-state index >= 15 is 0 Å². The summed E-state index contributed by atoms with van der Waals surface area (Å²) in [6.45, 7) is 1.02. The van der Waals surface area contributed by atoms with Crippen LogP contribution in [0.3, 0.4) is 0 Å². The van der Waals surface area contributed by atoms with Crippen molar-refractivity contribution >= 4 is 6.03 Å². The number of hydrogen-bond acceptors (Lipinski definition) is 4. The van der Waals surface area contributed by atoms with Gasteiger partial charge in [0.05, 0.1) is 12.1 Å². The Kier molecular flexibility index (Phi) is 5.28. The summed E-state index contributed by atoms with van der Waals surface area (Å²) in [4.78, 5) is 18.4. The Morgan fingerprint density at radius 3 is 2.27 bits per heavy atom. The van der Waals surface area contributed by atoms with Crippen molar-refractivity contribution in [2.24, 2.45) is 0 Å². The zero-order valence-corrected chi connectivity index (χ0v) is 16.4. The Labute approximate surface area is 156 Å². The lowest BCUT2D eigenvalue weighted by Crippen LogP contribution is -2.57. The minimum Gasteiger partial charge on any atom is -0.377 e. The average molecular weight is 361 g/mol. The summed E-state index contributed by atoms with van der Waals surface area (Å²) in [6, 6.07) is 10.6. The van der Waals surface area contributed by atoms with Crippen molar-refractivity contribution in [1.82, 2.24) is 20.0 Å². The first-order chi connectivity index (χ1) is 12.3. The number of nitrogens with one attached hydrogen (secondary N) is 1. The van der Waals surface area contributed by atoms with Crippen molar-refractivity contribution in [1.29, 1.82) is 0 Å². The highest BCUT2D eigenvalue weighted by Gasteiger charge is 2.52. The lowest BCUT2D eigenvalue weighted by atomic mass is 9.68. The number of urea groups is 1. The smallest absolute Gasteiger partial charge is 0.318 e. The molecule has 0 aromatic heterocycles. The number of hydrogen-bond donors (Lipinski definition) is 2. The molecule has 1 saturated carbocycles. The summed E-state index contributed by atoms with van der Waals surface area (Å²) >= 11 is 0. The maximum Gasteiger partial charge on any atom is 0.318 e.